The minimum atomic E-state index is -0.615. The number of nitrogens with zero attached hydrogens (tertiary/aromatic N) is 1. The number of hydrogen-bond acceptors (Lipinski definition) is 5. The molecule has 2 rings (SSSR count). The summed E-state index contributed by atoms with van der Waals surface area (Å²) in [6.45, 7) is -0.248. The average Bonchev–Trinajstić information content (AvgIpc) is 2.54. The zero-order chi connectivity index (χ0) is 16.8. The van der Waals surface area contributed by atoms with Gasteiger partial charge in [-0.2, -0.15) is 0 Å². The van der Waals surface area contributed by atoms with E-state index in [2.05, 4.69) is 5.32 Å². The highest BCUT2D eigenvalue weighted by Gasteiger charge is 2.19. The van der Waals surface area contributed by atoms with Crippen molar-refractivity contribution in [2.45, 2.75) is 0 Å². The lowest BCUT2D eigenvalue weighted by molar-refractivity contribution is -0.385. The second-order valence-corrected chi connectivity index (χ2v) is 4.51. The molecule has 0 atom stereocenters. The monoisotopic (exact) mass is 315 g/mol. The van der Waals surface area contributed by atoms with Crippen molar-refractivity contribution < 1.29 is 19.2 Å². The molecule has 3 N–H and O–H groups in total. The first-order valence-electron chi connectivity index (χ1n) is 6.53. The second-order valence-electron chi connectivity index (χ2n) is 4.51. The molecule has 23 heavy (non-hydrogen) atoms. The van der Waals surface area contributed by atoms with Crippen molar-refractivity contribution in [2.75, 3.05) is 11.9 Å². The molecular weight excluding hydrogens is 302 g/mol. The summed E-state index contributed by atoms with van der Waals surface area (Å²) in [6.07, 6.45) is 0. The molecular formula is C15H13N3O5. The number of hydrogen-bond donors (Lipinski definition) is 2. The molecule has 2 amide bonds. The van der Waals surface area contributed by atoms with Gasteiger partial charge in [0.1, 0.15) is 11.3 Å². The maximum Gasteiger partial charge on any atom is 0.282 e. The number of nitrogens with two attached hydrogens (primary N) is 1. The lowest BCUT2D eigenvalue weighted by Crippen LogP contribution is -2.20. The molecule has 2 aromatic carbocycles. The van der Waals surface area contributed by atoms with Gasteiger partial charge in [0.15, 0.2) is 6.61 Å². The van der Waals surface area contributed by atoms with E-state index >= 15 is 0 Å². The fourth-order valence-electron chi connectivity index (χ4n) is 1.81. The van der Waals surface area contributed by atoms with Crippen LogP contribution in [-0.4, -0.2) is 23.3 Å². The number of ether oxygens (including phenoxy) is 1. The van der Waals surface area contributed by atoms with Gasteiger partial charge in [0.2, 0.25) is 0 Å². The number of rotatable bonds is 6. The van der Waals surface area contributed by atoms with Crippen molar-refractivity contribution in [2.24, 2.45) is 5.73 Å². The summed E-state index contributed by atoms with van der Waals surface area (Å²) in [6, 6.07) is 11.8. The van der Waals surface area contributed by atoms with Crippen LogP contribution >= 0.6 is 0 Å². The first-order valence-corrected chi connectivity index (χ1v) is 6.53. The number of benzene rings is 2. The molecule has 0 fully saturated rings. The molecule has 0 unspecified atom stereocenters. The van der Waals surface area contributed by atoms with E-state index in [4.69, 9.17) is 10.5 Å². The Kier molecular flexibility index (Phi) is 4.88. The van der Waals surface area contributed by atoms with Crippen molar-refractivity contribution in [1.29, 1.82) is 0 Å². The Balaban J connectivity index is 2.09. The van der Waals surface area contributed by atoms with E-state index in [1.54, 1.807) is 18.2 Å². The van der Waals surface area contributed by atoms with Crippen molar-refractivity contribution >= 4 is 23.2 Å². The predicted molar refractivity (Wildman–Crippen MR) is 82.2 cm³/mol. The van der Waals surface area contributed by atoms with Crippen molar-refractivity contribution in [3.8, 4) is 5.75 Å². The smallest absolute Gasteiger partial charge is 0.282 e. The highest BCUT2D eigenvalue weighted by molar-refractivity contribution is 6.07. The molecule has 0 aliphatic rings. The highest BCUT2D eigenvalue weighted by atomic mass is 16.6. The van der Waals surface area contributed by atoms with Gasteiger partial charge in [0, 0.05) is 11.8 Å². The van der Waals surface area contributed by atoms with Crippen LogP contribution in [0.15, 0.2) is 48.5 Å². The van der Waals surface area contributed by atoms with E-state index in [-0.39, 0.29) is 17.9 Å². The van der Waals surface area contributed by atoms with Gasteiger partial charge < -0.3 is 15.8 Å². The molecule has 0 spiro atoms. The SMILES string of the molecule is NC(=O)COc1ccc(NC(=O)c2ccccc2[N+](=O)[O-])cc1. The summed E-state index contributed by atoms with van der Waals surface area (Å²) in [4.78, 5) is 33.1. The first-order chi connectivity index (χ1) is 11.0. The van der Waals surface area contributed by atoms with Gasteiger partial charge in [-0.1, -0.05) is 12.1 Å². The fourth-order valence-corrected chi connectivity index (χ4v) is 1.81. The van der Waals surface area contributed by atoms with Gasteiger partial charge in [-0.25, -0.2) is 0 Å². The van der Waals surface area contributed by atoms with Crippen molar-refractivity contribution in [3.63, 3.8) is 0 Å². The average molecular weight is 315 g/mol. The zero-order valence-electron chi connectivity index (χ0n) is 11.9. The Morgan fingerprint density at radius 3 is 2.39 bits per heavy atom. The van der Waals surface area contributed by atoms with Gasteiger partial charge in [0.05, 0.1) is 4.92 Å². The molecule has 0 aromatic heterocycles. The summed E-state index contributed by atoms with van der Waals surface area (Å²) in [7, 11) is 0. The summed E-state index contributed by atoms with van der Waals surface area (Å²) in [5, 5.41) is 13.5. The predicted octanol–water partition coefficient (Wildman–Crippen LogP) is 1.71. The Labute approximate surface area is 131 Å². The highest BCUT2D eigenvalue weighted by Crippen LogP contribution is 2.20. The van der Waals surface area contributed by atoms with Gasteiger partial charge >= 0.3 is 0 Å². The second kappa shape index (κ2) is 7.03. The quantitative estimate of drug-likeness (QED) is 0.620. The van der Waals surface area contributed by atoms with Crippen LogP contribution < -0.4 is 15.8 Å². The molecule has 0 bridgehead atoms. The summed E-state index contributed by atoms with van der Waals surface area (Å²) in [5.74, 6) is -0.783. The number of nitro groups is 1. The van der Waals surface area contributed by atoms with Crippen LogP contribution in [0.3, 0.4) is 0 Å². The van der Waals surface area contributed by atoms with Gasteiger partial charge in [-0.3, -0.25) is 19.7 Å². The number of nitro benzene ring substituents is 1. The lowest BCUT2D eigenvalue weighted by atomic mass is 10.1. The van der Waals surface area contributed by atoms with Crippen LogP contribution in [0.25, 0.3) is 0 Å². The summed E-state index contributed by atoms with van der Waals surface area (Å²) < 4.78 is 5.09. The van der Waals surface area contributed by atoms with E-state index in [0.29, 0.717) is 11.4 Å². The Bertz CT molecular complexity index is 743. The number of para-hydroxylation sites is 1. The molecule has 0 saturated heterocycles. The fraction of sp³-hybridized carbons (Fsp3) is 0.0667. The van der Waals surface area contributed by atoms with E-state index in [0.717, 1.165) is 0 Å². The van der Waals surface area contributed by atoms with Crippen LogP contribution in [0.4, 0.5) is 11.4 Å². The molecule has 0 aliphatic heterocycles. The minimum Gasteiger partial charge on any atom is -0.484 e. The standard InChI is InChI=1S/C15H13N3O5/c16-14(19)9-23-11-7-5-10(6-8-11)17-15(20)12-3-1-2-4-13(12)18(21)22/h1-8H,9H2,(H2,16,19)(H,17,20). The van der Waals surface area contributed by atoms with Crippen LogP contribution in [-0.2, 0) is 4.79 Å². The molecule has 0 saturated carbocycles. The van der Waals surface area contributed by atoms with Gasteiger partial charge in [-0.15, -0.1) is 0 Å². The van der Waals surface area contributed by atoms with Crippen LogP contribution in [0.5, 0.6) is 5.75 Å². The molecule has 0 aliphatic carbocycles. The summed E-state index contributed by atoms with van der Waals surface area (Å²) in [5.41, 5.74) is 5.09. The molecule has 0 heterocycles. The number of anilines is 1. The molecule has 8 heteroatoms. The Morgan fingerprint density at radius 1 is 1.13 bits per heavy atom. The third-order valence-corrected chi connectivity index (χ3v) is 2.84. The number of carbonyl (C=O) groups excluding carboxylic acids is 2. The van der Waals surface area contributed by atoms with E-state index < -0.39 is 16.7 Å². The van der Waals surface area contributed by atoms with E-state index in [1.807, 2.05) is 0 Å². The Morgan fingerprint density at radius 2 is 1.78 bits per heavy atom. The Hall–Kier alpha value is -3.42. The third kappa shape index (κ3) is 4.27. The normalized spacial score (nSPS) is 9.91. The number of amides is 2. The maximum atomic E-state index is 12.1. The van der Waals surface area contributed by atoms with Crippen LogP contribution in [0.2, 0.25) is 0 Å². The number of nitrogens with one attached hydrogen (secondary N) is 1. The lowest BCUT2D eigenvalue weighted by Gasteiger charge is -2.07. The molecule has 118 valence electrons. The van der Waals surface area contributed by atoms with Gasteiger partial charge in [0.25, 0.3) is 17.5 Å². The number of primary amides is 1. The van der Waals surface area contributed by atoms with Crippen molar-refractivity contribution in [3.05, 3.63) is 64.2 Å². The first kappa shape index (κ1) is 16.0. The van der Waals surface area contributed by atoms with Crippen molar-refractivity contribution in [1.82, 2.24) is 0 Å². The third-order valence-electron chi connectivity index (χ3n) is 2.84. The van der Waals surface area contributed by atoms with Crippen LogP contribution in [0, 0.1) is 10.1 Å². The molecule has 0 radical (unpaired) electrons. The summed E-state index contributed by atoms with van der Waals surface area (Å²) >= 11 is 0. The van der Waals surface area contributed by atoms with Gasteiger partial charge in [-0.05, 0) is 30.3 Å². The number of carbonyl (C=O) groups is 2. The molecule has 8 nitrogen and oxygen atoms in total. The van der Waals surface area contributed by atoms with E-state index in [9.17, 15) is 19.7 Å². The zero-order valence-corrected chi connectivity index (χ0v) is 11.9. The minimum absolute atomic E-state index is 0.0356. The maximum absolute atomic E-state index is 12.1. The topological polar surface area (TPSA) is 125 Å². The van der Waals surface area contributed by atoms with Crippen LogP contribution in [0.1, 0.15) is 10.4 Å². The molecule has 2 aromatic rings. The largest absolute Gasteiger partial charge is 0.484 e. The van der Waals surface area contributed by atoms with E-state index in [1.165, 1.54) is 30.3 Å².